The highest BCUT2D eigenvalue weighted by atomic mass is 16.5. The second kappa shape index (κ2) is 9.86. The first-order valence-electron chi connectivity index (χ1n) is 9.41. The number of phenolic OH excluding ortho intramolecular Hbond substituents is 1. The number of aromatic hydroxyl groups is 1. The van der Waals surface area contributed by atoms with Crippen molar-refractivity contribution in [1.82, 2.24) is 5.32 Å². The van der Waals surface area contributed by atoms with Gasteiger partial charge in [-0.25, -0.2) is 0 Å². The summed E-state index contributed by atoms with van der Waals surface area (Å²) in [5.74, 6) is 1.74. The number of hydrogen-bond acceptors (Lipinski definition) is 4. The molecule has 0 bridgehead atoms. The third-order valence-electron chi connectivity index (χ3n) is 4.21. The molecule has 0 saturated heterocycles. The number of ether oxygens (including phenoxy) is 2. The van der Waals surface area contributed by atoms with Crippen molar-refractivity contribution in [3.63, 3.8) is 0 Å². The Morgan fingerprint density at radius 1 is 1.00 bits per heavy atom. The van der Waals surface area contributed by atoms with Crippen molar-refractivity contribution >= 4 is 5.91 Å². The third kappa shape index (κ3) is 5.91. The molecule has 1 amide bonds. The zero-order chi connectivity index (χ0) is 19.8. The smallest absolute Gasteiger partial charge is 0.224 e. The van der Waals surface area contributed by atoms with Crippen LogP contribution in [0.4, 0.5) is 0 Å². The molecule has 0 radical (unpaired) electrons. The quantitative estimate of drug-likeness (QED) is 0.692. The van der Waals surface area contributed by atoms with Crippen LogP contribution in [0.2, 0.25) is 0 Å². The second-order valence-electron chi connectivity index (χ2n) is 6.70. The van der Waals surface area contributed by atoms with Gasteiger partial charge in [0.1, 0.15) is 5.75 Å². The predicted octanol–water partition coefficient (Wildman–Crippen LogP) is 4.25. The van der Waals surface area contributed by atoms with E-state index in [0.717, 1.165) is 11.1 Å². The summed E-state index contributed by atoms with van der Waals surface area (Å²) >= 11 is 0. The minimum atomic E-state index is -0.135. The molecular weight excluding hydrogens is 342 g/mol. The second-order valence-corrected chi connectivity index (χ2v) is 6.70. The molecule has 5 heteroatoms. The van der Waals surface area contributed by atoms with E-state index in [0.29, 0.717) is 24.7 Å². The van der Waals surface area contributed by atoms with Crippen molar-refractivity contribution in [2.24, 2.45) is 5.92 Å². The summed E-state index contributed by atoms with van der Waals surface area (Å²) < 4.78 is 11.3. The fraction of sp³-hybridized carbons (Fsp3) is 0.409. The molecule has 0 spiro atoms. The Bertz CT molecular complexity index is 740. The van der Waals surface area contributed by atoms with E-state index in [1.807, 2.05) is 32.0 Å². The Balaban J connectivity index is 2.17. The number of nitrogens with one attached hydrogen (secondary N) is 1. The number of carbonyl (C=O) groups is 1. The van der Waals surface area contributed by atoms with Gasteiger partial charge in [-0.15, -0.1) is 0 Å². The maximum absolute atomic E-state index is 12.5. The van der Waals surface area contributed by atoms with Gasteiger partial charge in [0, 0.05) is 0 Å². The lowest BCUT2D eigenvalue weighted by Crippen LogP contribution is -2.32. The van der Waals surface area contributed by atoms with Crippen LogP contribution in [0.15, 0.2) is 42.5 Å². The van der Waals surface area contributed by atoms with Crippen molar-refractivity contribution in [3.8, 4) is 17.2 Å². The standard InChI is InChI=1S/C22H29NO4/c1-5-26-19-12-9-17(14-20(19)27-6-2)22(15(3)4)23-21(25)13-16-7-10-18(24)11-8-16/h7-12,14-15,22,24H,5-6,13H2,1-4H3,(H,23,25). The Hall–Kier alpha value is -2.69. The molecule has 2 aromatic carbocycles. The van der Waals surface area contributed by atoms with Crippen LogP contribution in [0.3, 0.4) is 0 Å². The number of rotatable bonds is 9. The van der Waals surface area contributed by atoms with Crippen LogP contribution >= 0.6 is 0 Å². The van der Waals surface area contributed by atoms with E-state index >= 15 is 0 Å². The zero-order valence-corrected chi connectivity index (χ0v) is 16.5. The topological polar surface area (TPSA) is 67.8 Å². The molecule has 2 N–H and O–H groups in total. The van der Waals surface area contributed by atoms with Crippen LogP contribution in [0, 0.1) is 5.92 Å². The third-order valence-corrected chi connectivity index (χ3v) is 4.21. The molecule has 0 aliphatic heterocycles. The molecule has 0 fully saturated rings. The predicted molar refractivity (Wildman–Crippen MR) is 106 cm³/mol. The number of hydrogen-bond donors (Lipinski definition) is 2. The minimum absolute atomic E-state index is 0.0637. The van der Waals surface area contributed by atoms with Crippen molar-refractivity contribution in [1.29, 1.82) is 0 Å². The highest BCUT2D eigenvalue weighted by Crippen LogP contribution is 2.33. The molecule has 5 nitrogen and oxygen atoms in total. The molecule has 0 saturated carbocycles. The highest BCUT2D eigenvalue weighted by molar-refractivity contribution is 5.79. The first-order chi connectivity index (χ1) is 12.9. The summed E-state index contributed by atoms with van der Waals surface area (Å²) in [6.07, 6.45) is 0.263. The number of carbonyl (C=O) groups excluding carboxylic acids is 1. The first-order valence-corrected chi connectivity index (χ1v) is 9.41. The molecule has 0 aliphatic rings. The molecule has 2 rings (SSSR count). The van der Waals surface area contributed by atoms with Crippen LogP contribution in [0.1, 0.15) is 44.9 Å². The average molecular weight is 371 g/mol. The Morgan fingerprint density at radius 3 is 2.22 bits per heavy atom. The normalized spacial score (nSPS) is 11.9. The van der Waals surface area contributed by atoms with Crippen molar-refractivity contribution in [3.05, 3.63) is 53.6 Å². The van der Waals surface area contributed by atoms with Crippen molar-refractivity contribution < 1.29 is 19.4 Å². The van der Waals surface area contributed by atoms with Gasteiger partial charge < -0.3 is 19.9 Å². The van der Waals surface area contributed by atoms with E-state index in [2.05, 4.69) is 19.2 Å². The van der Waals surface area contributed by atoms with Gasteiger partial charge in [-0.3, -0.25) is 4.79 Å². The maximum atomic E-state index is 12.5. The lowest BCUT2D eigenvalue weighted by molar-refractivity contribution is -0.121. The molecule has 0 aromatic heterocycles. The summed E-state index contributed by atoms with van der Waals surface area (Å²) in [5.41, 5.74) is 1.84. The van der Waals surface area contributed by atoms with E-state index in [-0.39, 0.29) is 30.0 Å². The highest BCUT2D eigenvalue weighted by Gasteiger charge is 2.20. The van der Waals surface area contributed by atoms with Crippen LogP contribution < -0.4 is 14.8 Å². The SMILES string of the molecule is CCOc1ccc(C(NC(=O)Cc2ccc(O)cc2)C(C)C)cc1OCC. The number of amides is 1. The summed E-state index contributed by atoms with van der Waals surface area (Å²) in [5, 5.41) is 12.5. The van der Waals surface area contributed by atoms with Gasteiger partial charge in [0.25, 0.3) is 0 Å². The molecular formula is C22H29NO4. The molecule has 1 atom stereocenters. The van der Waals surface area contributed by atoms with Crippen molar-refractivity contribution in [2.75, 3.05) is 13.2 Å². The van der Waals surface area contributed by atoms with Gasteiger partial charge >= 0.3 is 0 Å². The molecule has 0 heterocycles. The summed E-state index contributed by atoms with van der Waals surface area (Å²) in [6, 6.07) is 12.4. The summed E-state index contributed by atoms with van der Waals surface area (Å²) in [7, 11) is 0. The fourth-order valence-corrected chi connectivity index (χ4v) is 2.92. The van der Waals surface area contributed by atoms with Gasteiger partial charge in [-0.2, -0.15) is 0 Å². The summed E-state index contributed by atoms with van der Waals surface area (Å²) in [4.78, 5) is 12.5. The summed E-state index contributed by atoms with van der Waals surface area (Å²) in [6.45, 7) is 9.12. The van der Waals surface area contributed by atoms with Crippen LogP contribution in [0.25, 0.3) is 0 Å². The van der Waals surface area contributed by atoms with Crippen LogP contribution in [0.5, 0.6) is 17.2 Å². The first kappa shape index (κ1) is 20.6. The Kier molecular flexibility index (Phi) is 7.53. The Morgan fingerprint density at radius 2 is 1.63 bits per heavy atom. The van der Waals surface area contributed by atoms with Gasteiger partial charge in [0.15, 0.2) is 11.5 Å². The van der Waals surface area contributed by atoms with Gasteiger partial charge in [-0.05, 0) is 55.2 Å². The number of phenols is 1. The van der Waals surface area contributed by atoms with Crippen LogP contribution in [-0.2, 0) is 11.2 Å². The lowest BCUT2D eigenvalue weighted by atomic mass is 9.95. The molecule has 0 aliphatic carbocycles. The molecule has 2 aromatic rings. The van der Waals surface area contributed by atoms with Gasteiger partial charge in [0.2, 0.25) is 5.91 Å². The molecule has 27 heavy (non-hydrogen) atoms. The van der Waals surface area contributed by atoms with E-state index in [1.54, 1.807) is 24.3 Å². The average Bonchev–Trinajstić information content (AvgIpc) is 2.63. The van der Waals surface area contributed by atoms with Gasteiger partial charge in [-0.1, -0.05) is 32.0 Å². The fourth-order valence-electron chi connectivity index (χ4n) is 2.92. The minimum Gasteiger partial charge on any atom is -0.508 e. The lowest BCUT2D eigenvalue weighted by Gasteiger charge is -2.24. The van der Waals surface area contributed by atoms with E-state index in [9.17, 15) is 9.90 Å². The number of benzene rings is 2. The van der Waals surface area contributed by atoms with Crippen LogP contribution in [-0.4, -0.2) is 24.2 Å². The zero-order valence-electron chi connectivity index (χ0n) is 16.5. The van der Waals surface area contributed by atoms with E-state index < -0.39 is 0 Å². The van der Waals surface area contributed by atoms with E-state index in [4.69, 9.17) is 9.47 Å². The van der Waals surface area contributed by atoms with E-state index in [1.165, 1.54) is 0 Å². The largest absolute Gasteiger partial charge is 0.508 e. The van der Waals surface area contributed by atoms with Gasteiger partial charge in [0.05, 0.1) is 25.7 Å². The Labute approximate surface area is 161 Å². The maximum Gasteiger partial charge on any atom is 0.224 e. The molecule has 1 unspecified atom stereocenters. The monoisotopic (exact) mass is 371 g/mol. The molecule has 146 valence electrons. The van der Waals surface area contributed by atoms with Crippen molar-refractivity contribution in [2.45, 2.75) is 40.2 Å².